The highest BCUT2D eigenvalue weighted by Gasteiger charge is 2.15. The van der Waals surface area contributed by atoms with Crippen molar-refractivity contribution >= 4 is 23.0 Å². The number of thiophene rings is 1. The van der Waals surface area contributed by atoms with Gasteiger partial charge in [0.15, 0.2) is 0 Å². The Balaban J connectivity index is 2.30. The van der Waals surface area contributed by atoms with Gasteiger partial charge in [-0.2, -0.15) is 0 Å². The fraction of sp³-hybridized carbons (Fsp3) is 0. The van der Waals surface area contributed by atoms with Gasteiger partial charge in [-0.05, 0) is 23.6 Å². The second-order valence-electron chi connectivity index (χ2n) is 3.54. The first-order valence-corrected chi connectivity index (χ1v) is 5.88. The number of hydrogen-bond donors (Lipinski definition) is 1. The maximum Gasteiger partial charge on any atom is 0.346 e. The third-order valence-corrected chi connectivity index (χ3v) is 3.47. The highest BCUT2D eigenvalue weighted by molar-refractivity contribution is 7.12. The maximum atomic E-state index is 11.1. The molecule has 0 saturated heterocycles. The van der Waals surface area contributed by atoms with Gasteiger partial charge in [-0.1, -0.05) is 6.07 Å². The summed E-state index contributed by atoms with van der Waals surface area (Å²) in [6.07, 6.45) is 3.53. The van der Waals surface area contributed by atoms with E-state index in [1.807, 2.05) is 34.9 Å². The molecule has 3 aromatic heterocycles. The van der Waals surface area contributed by atoms with Gasteiger partial charge in [0.25, 0.3) is 0 Å². The molecular formula is C12H8N2O2S. The molecule has 0 aliphatic heterocycles. The molecule has 0 fully saturated rings. The first kappa shape index (κ1) is 10.0. The summed E-state index contributed by atoms with van der Waals surface area (Å²) < 4.78 is 1.88. The van der Waals surface area contributed by atoms with Crippen LogP contribution in [0.3, 0.4) is 0 Å². The quantitative estimate of drug-likeness (QED) is 0.754. The predicted molar refractivity (Wildman–Crippen MR) is 65.5 cm³/mol. The molecule has 5 heteroatoms. The minimum atomic E-state index is -0.896. The zero-order valence-corrected chi connectivity index (χ0v) is 9.52. The van der Waals surface area contributed by atoms with E-state index in [0.717, 1.165) is 16.9 Å². The third-order valence-electron chi connectivity index (χ3n) is 2.56. The van der Waals surface area contributed by atoms with Gasteiger partial charge >= 0.3 is 5.97 Å². The monoisotopic (exact) mass is 244 g/mol. The van der Waals surface area contributed by atoms with Crippen molar-refractivity contribution in [3.8, 4) is 11.3 Å². The zero-order chi connectivity index (χ0) is 11.8. The Morgan fingerprint density at radius 1 is 1.35 bits per heavy atom. The first-order chi connectivity index (χ1) is 8.27. The zero-order valence-electron chi connectivity index (χ0n) is 8.70. The number of nitrogens with zero attached hydrogens (tertiary/aromatic N) is 2. The van der Waals surface area contributed by atoms with Crippen LogP contribution in [0.15, 0.2) is 42.0 Å². The SMILES string of the molecule is O=C(O)c1sccc1-c1cccc2nccn12. The fourth-order valence-electron chi connectivity index (χ4n) is 1.84. The second-order valence-corrected chi connectivity index (χ2v) is 4.45. The lowest BCUT2D eigenvalue weighted by molar-refractivity contribution is 0.0703. The summed E-state index contributed by atoms with van der Waals surface area (Å²) in [7, 11) is 0. The van der Waals surface area contributed by atoms with Gasteiger partial charge in [0.05, 0.1) is 5.69 Å². The molecule has 0 aliphatic rings. The molecule has 0 atom stereocenters. The van der Waals surface area contributed by atoms with E-state index in [1.165, 1.54) is 11.3 Å². The average molecular weight is 244 g/mol. The molecule has 3 aromatic rings. The topological polar surface area (TPSA) is 54.6 Å². The van der Waals surface area contributed by atoms with Crippen LogP contribution in [0.1, 0.15) is 9.67 Å². The molecular weight excluding hydrogens is 236 g/mol. The van der Waals surface area contributed by atoms with Crippen molar-refractivity contribution in [2.45, 2.75) is 0 Å². The summed E-state index contributed by atoms with van der Waals surface area (Å²) >= 11 is 1.23. The lowest BCUT2D eigenvalue weighted by Crippen LogP contribution is -1.97. The van der Waals surface area contributed by atoms with E-state index in [2.05, 4.69) is 4.98 Å². The van der Waals surface area contributed by atoms with Crippen molar-refractivity contribution in [2.24, 2.45) is 0 Å². The molecule has 84 valence electrons. The number of rotatable bonds is 2. The van der Waals surface area contributed by atoms with Gasteiger partial charge < -0.3 is 5.11 Å². The van der Waals surface area contributed by atoms with E-state index >= 15 is 0 Å². The Morgan fingerprint density at radius 3 is 3.06 bits per heavy atom. The van der Waals surface area contributed by atoms with Crippen molar-refractivity contribution in [3.05, 3.63) is 46.9 Å². The maximum absolute atomic E-state index is 11.1. The number of carboxylic acid groups (broad SMARTS) is 1. The van der Waals surface area contributed by atoms with E-state index in [9.17, 15) is 4.79 Å². The Kier molecular flexibility index (Phi) is 2.19. The Hall–Kier alpha value is -2.14. The molecule has 0 radical (unpaired) electrons. The van der Waals surface area contributed by atoms with E-state index in [-0.39, 0.29) is 0 Å². The van der Waals surface area contributed by atoms with E-state index in [0.29, 0.717) is 4.88 Å². The summed E-state index contributed by atoms with van der Waals surface area (Å²) in [6, 6.07) is 7.48. The van der Waals surface area contributed by atoms with Gasteiger partial charge in [-0.25, -0.2) is 9.78 Å². The van der Waals surface area contributed by atoms with Crippen LogP contribution in [-0.2, 0) is 0 Å². The van der Waals surface area contributed by atoms with Crippen molar-refractivity contribution in [3.63, 3.8) is 0 Å². The molecule has 1 N–H and O–H groups in total. The lowest BCUT2D eigenvalue weighted by atomic mass is 10.1. The number of hydrogen-bond acceptors (Lipinski definition) is 3. The fourth-order valence-corrected chi connectivity index (χ4v) is 2.58. The van der Waals surface area contributed by atoms with E-state index < -0.39 is 5.97 Å². The Labute approximate surface area is 101 Å². The molecule has 0 aromatic carbocycles. The molecule has 0 bridgehead atoms. The molecule has 0 amide bonds. The van der Waals surface area contributed by atoms with Gasteiger partial charge in [-0.3, -0.25) is 4.40 Å². The molecule has 3 rings (SSSR count). The van der Waals surface area contributed by atoms with Crippen LogP contribution in [0.5, 0.6) is 0 Å². The number of fused-ring (bicyclic) bond motifs is 1. The summed E-state index contributed by atoms with van der Waals surface area (Å²) in [5.74, 6) is -0.896. The minimum Gasteiger partial charge on any atom is -0.477 e. The molecule has 3 heterocycles. The van der Waals surface area contributed by atoms with Crippen LogP contribution < -0.4 is 0 Å². The van der Waals surface area contributed by atoms with Gasteiger partial charge in [-0.15, -0.1) is 11.3 Å². The number of carboxylic acids is 1. The number of imidazole rings is 1. The van der Waals surface area contributed by atoms with E-state index in [1.54, 1.807) is 11.6 Å². The first-order valence-electron chi connectivity index (χ1n) is 5.00. The lowest BCUT2D eigenvalue weighted by Gasteiger charge is -2.04. The highest BCUT2D eigenvalue weighted by atomic mass is 32.1. The Morgan fingerprint density at radius 2 is 2.24 bits per heavy atom. The highest BCUT2D eigenvalue weighted by Crippen LogP contribution is 2.28. The van der Waals surface area contributed by atoms with E-state index in [4.69, 9.17) is 5.11 Å². The normalized spacial score (nSPS) is 10.8. The molecule has 0 unspecified atom stereocenters. The summed E-state index contributed by atoms with van der Waals surface area (Å²) in [5, 5.41) is 10.9. The molecule has 4 nitrogen and oxygen atoms in total. The molecule has 0 spiro atoms. The van der Waals surface area contributed by atoms with Crippen LogP contribution in [0.25, 0.3) is 16.9 Å². The second kappa shape index (κ2) is 3.71. The van der Waals surface area contributed by atoms with Crippen LogP contribution in [0.2, 0.25) is 0 Å². The van der Waals surface area contributed by atoms with Crippen LogP contribution in [0, 0.1) is 0 Å². The molecule has 0 saturated carbocycles. The third kappa shape index (κ3) is 1.52. The average Bonchev–Trinajstić information content (AvgIpc) is 2.97. The van der Waals surface area contributed by atoms with Crippen LogP contribution in [0.4, 0.5) is 0 Å². The number of pyridine rings is 1. The standard InChI is InChI=1S/C12H8N2O2S/c15-12(16)11-8(4-7-17-11)9-2-1-3-10-13-5-6-14(9)10/h1-7H,(H,15,16). The minimum absolute atomic E-state index is 0.353. The van der Waals surface area contributed by atoms with Crippen LogP contribution in [-0.4, -0.2) is 20.5 Å². The predicted octanol–water partition coefficient (Wildman–Crippen LogP) is 2.76. The van der Waals surface area contributed by atoms with Crippen molar-refractivity contribution in [2.75, 3.05) is 0 Å². The smallest absolute Gasteiger partial charge is 0.346 e. The van der Waals surface area contributed by atoms with Gasteiger partial charge in [0.1, 0.15) is 10.5 Å². The summed E-state index contributed by atoms with van der Waals surface area (Å²) in [4.78, 5) is 15.7. The molecule has 17 heavy (non-hydrogen) atoms. The van der Waals surface area contributed by atoms with Crippen molar-refractivity contribution in [1.82, 2.24) is 9.38 Å². The van der Waals surface area contributed by atoms with Gasteiger partial charge in [0.2, 0.25) is 0 Å². The molecule has 0 aliphatic carbocycles. The van der Waals surface area contributed by atoms with Crippen LogP contribution >= 0.6 is 11.3 Å². The Bertz CT molecular complexity index is 699. The summed E-state index contributed by atoms with van der Waals surface area (Å²) in [6.45, 7) is 0. The largest absolute Gasteiger partial charge is 0.477 e. The van der Waals surface area contributed by atoms with Crippen molar-refractivity contribution < 1.29 is 9.90 Å². The summed E-state index contributed by atoms with van der Waals surface area (Å²) in [5.41, 5.74) is 2.38. The number of aromatic carboxylic acids is 1. The van der Waals surface area contributed by atoms with Gasteiger partial charge in [0, 0.05) is 18.0 Å². The number of aromatic nitrogens is 2. The van der Waals surface area contributed by atoms with Crippen molar-refractivity contribution in [1.29, 1.82) is 0 Å². The number of carbonyl (C=O) groups is 1.